The number of hydrogen-bond donors (Lipinski definition) is 3. The fourth-order valence-electron chi connectivity index (χ4n) is 2.40. The van der Waals surface area contributed by atoms with Gasteiger partial charge in [0.2, 0.25) is 5.91 Å². The van der Waals surface area contributed by atoms with Crippen LogP contribution in [0.15, 0.2) is 18.2 Å². The molecular weight excluding hydrogens is 306 g/mol. The number of nitrogens with one attached hydrogen (secondary N) is 3. The molecule has 1 aromatic rings. The lowest BCUT2D eigenvalue weighted by molar-refractivity contribution is -0.120. The van der Waals surface area contributed by atoms with Gasteiger partial charge in [0.15, 0.2) is 0 Å². The summed E-state index contributed by atoms with van der Waals surface area (Å²) in [5, 5.41) is 8.64. The average molecular weight is 328 g/mol. The molecule has 2 rings (SSSR count). The second-order valence-electron chi connectivity index (χ2n) is 5.03. The summed E-state index contributed by atoms with van der Waals surface area (Å²) < 4.78 is 5.24. The summed E-state index contributed by atoms with van der Waals surface area (Å²) in [6.45, 7) is 1.64. The first-order valence-electron chi connectivity index (χ1n) is 7.07. The molecule has 0 radical (unpaired) electrons. The van der Waals surface area contributed by atoms with E-state index in [0.717, 1.165) is 19.4 Å². The number of halogens is 1. The molecule has 6 nitrogen and oxygen atoms in total. The molecule has 1 atom stereocenters. The predicted octanol–water partition coefficient (Wildman–Crippen LogP) is 1.41. The van der Waals surface area contributed by atoms with Crippen LogP contribution in [0.3, 0.4) is 0 Å². The van der Waals surface area contributed by atoms with Crippen molar-refractivity contribution in [2.75, 3.05) is 32.6 Å². The van der Waals surface area contributed by atoms with Crippen molar-refractivity contribution in [3.63, 3.8) is 0 Å². The van der Waals surface area contributed by atoms with Crippen LogP contribution in [0.5, 0.6) is 5.75 Å². The summed E-state index contributed by atoms with van der Waals surface area (Å²) in [6, 6.07) is 4.97. The van der Waals surface area contributed by atoms with E-state index in [1.807, 2.05) is 0 Å². The normalized spacial score (nSPS) is 17.1. The molecule has 1 fully saturated rings. The van der Waals surface area contributed by atoms with E-state index in [-0.39, 0.29) is 30.1 Å². The van der Waals surface area contributed by atoms with Crippen LogP contribution in [0.1, 0.15) is 23.2 Å². The number of methoxy groups -OCH3 is 1. The fourth-order valence-corrected chi connectivity index (χ4v) is 2.40. The Morgan fingerprint density at radius 2 is 2.14 bits per heavy atom. The van der Waals surface area contributed by atoms with E-state index < -0.39 is 0 Å². The largest absolute Gasteiger partial charge is 0.495 e. The molecule has 0 spiro atoms. The van der Waals surface area contributed by atoms with Gasteiger partial charge in [0, 0.05) is 19.2 Å². The quantitative estimate of drug-likeness (QED) is 0.781. The Balaban J connectivity index is 0.00000242. The number of carbonyl (C=O) groups is 2. The monoisotopic (exact) mass is 327 g/mol. The Morgan fingerprint density at radius 1 is 1.36 bits per heavy atom. The molecule has 0 saturated carbocycles. The highest BCUT2D eigenvalue weighted by Gasteiger charge is 2.22. The fraction of sp³-hybridized carbons (Fsp3) is 0.467. The van der Waals surface area contributed by atoms with Crippen molar-refractivity contribution >= 4 is 29.9 Å². The predicted molar refractivity (Wildman–Crippen MR) is 87.9 cm³/mol. The SMILES string of the molecule is CNC(=O)c1ccc(OC)c(NC(=O)C2CCCNC2)c1.Cl. The Kier molecular flexibility index (Phi) is 7.14. The molecule has 1 saturated heterocycles. The minimum absolute atomic E-state index is 0. The number of benzene rings is 1. The zero-order valence-electron chi connectivity index (χ0n) is 12.8. The number of amides is 2. The zero-order chi connectivity index (χ0) is 15.2. The van der Waals surface area contributed by atoms with Gasteiger partial charge in [-0.2, -0.15) is 0 Å². The van der Waals surface area contributed by atoms with E-state index >= 15 is 0 Å². The third-order valence-corrected chi connectivity index (χ3v) is 3.61. The number of hydrogen-bond acceptors (Lipinski definition) is 4. The molecule has 22 heavy (non-hydrogen) atoms. The molecule has 0 aliphatic carbocycles. The van der Waals surface area contributed by atoms with Crippen LogP contribution in [0.4, 0.5) is 5.69 Å². The van der Waals surface area contributed by atoms with Gasteiger partial charge in [-0.1, -0.05) is 0 Å². The second kappa shape index (κ2) is 8.60. The number of rotatable bonds is 4. The zero-order valence-corrected chi connectivity index (χ0v) is 13.6. The molecule has 0 bridgehead atoms. The van der Waals surface area contributed by atoms with Crippen LogP contribution in [0.2, 0.25) is 0 Å². The minimum atomic E-state index is -0.201. The molecule has 122 valence electrons. The van der Waals surface area contributed by atoms with Crippen LogP contribution in [-0.4, -0.2) is 39.1 Å². The van der Waals surface area contributed by atoms with Gasteiger partial charge in [-0.25, -0.2) is 0 Å². The summed E-state index contributed by atoms with van der Waals surface area (Å²) >= 11 is 0. The van der Waals surface area contributed by atoms with Gasteiger partial charge in [-0.3, -0.25) is 9.59 Å². The van der Waals surface area contributed by atoms with E-state index in [1.54, 1.807) is 25.2 Å². The first kappa shape index (κ1) is 18.3. The van der Waals surface area contributed by atoms with E-state index in [1.165, 1.54) is 7.11 Å². The van der Waals surface area contributed by atoms with Crippen molar-refractivity contribution in [3.8, 4) is 5.75 Å². The van der Waals surface area contributed by atoms with Gasteiger partial charge in [-0.15, -0.1) is 12.4 Å². The van der Waals surface area contributed by atoms with Crippen LogP contribution < -0.4 is 20.7 Å². The van der Waals surface area contributed by atoms with Crippen LogP contribution >= 0.6 is 12.4 Å². The molecule has 3 N–H and O–H groups in total. The lowest BCUT2D eigenvalue weighted by Gasteiger charge is -2.22. The van der Waals surface area contributed by atoms with Crippen molar-refractivity contribution < 1.29 is 14.3 Å². The smallest absolute Gasteiger partial charge is 0.251 e. The molecule has 7 heteroatoms. The van der Waals surface area contributed by atoms with Gasteiger partial charge in [-0.05, 0) is 37.6 Å². The standard InChI is InChI=1S/C15H21N3O3.ClH/c1-16-14(19)10-5-6-13(21-2)12(8-10)18-15(20)11-4-3-7-17-9-11;/h5-6,8,11,17H,3-4,7,9H2,1-2H3,(H,16,19)(H,18,20);1H. The second-order valence-corrected chi connectivity index (χ2v) is 5.03. The topological polar surface area (TPSA) is 79.5 Å². The van der Waals surface area contributed by atoms with Gasteiger partial charge in [0.1, 0.15) is 5.75 Å². The first-order chi connectivity index (χ1) is 10.2. The maximum Gasteiger partial charge on any atom is 0.251 e. The van der Waals surface area contributed by atoms with Gasteiger partial charge < -0.3 is 20.7 Å². The summed E-state index contributed by atoms with van der Waals surface area (Å²) in [4.78, 5) is 24.0. The van der Waals surface area contributed by atoms with Crippen molar-refractivity contribution in [1.82, 2.24) is 10.6 Å². The molecular formula is C15H22ClN3O3. The lowest BCUT2D eigenvalue weighted by Crippen LogP contribution is -2.37. The van der Waals surface area contributed by atoms with E-state index in [4.69, 9.17) is 4.74 Å². The van der Waals surface area contributed by atoms with Crippen molar-refractivity contribution in [1.29, 1.82) is 0 Å². The van der Waals surface area contributed by atoms with Crippen LogP contribution in [0, 0.1) is 5.92 Å². The summed E-state index contributed by atoms with van der Waals surface area (Å²) in [5.41, 5.74) is 1.00. The maximum absolute atomic E-state index is 12.3. The highest BCUT2D eigenvalue weighted by molar-refractivity contribution is 5.98. The Bertz CT molecular complexity index is 531. The minimum Gasteiger partial charge on any atom is -0.495 e. The van der Waals surface area contributed by atoms with Crippen molar-refractivity contribution in [2.45, 2.75) is 12.8 Å². The Hall–Kier alpha value is -1.79. The van der Waals surface area contributed by atoms with Crippen molar-refractivity contribution in [2.24, 2.45) is 5.92 Å². The summed E-state index contributed by atoms with van der Waals surface area (Å²) in [7, 11) is 3.10. The molecule has 1 heterocycles. The van der Waals surface area contributed by atoms with Crippen LogP contribution in [-0.2, 0) is 4.79 Å². The Labute approximate surface area is 136 Å². The highest BCUT2D eigenvalue weighted by Crippen LogP contribution is 2.26. The lowest BCUT2D eigenvalue weighted by atomic mass is 9.98. The third kappa shape index (κ3) is 4.35. The van der Waals surface area contributed by atoms with Gasteiger partial charge in [0.05, 0.1) is 18.7 Å². The Morgan fingerprint density at radius 3 is 2.73 bits per heavy atom. The molecule has 1 aromatic carbocycles. The number of ether oxygens (including phenoxy) is 1. The average Bonchev–Trinajstić information content (AvgIpc) is 2.54. The van der Waals surface area contributed by atoms with Gasteiger partial charge in [0.25, 0.3) is 5.91 Å². The van der Waals surface area contributed by atoms with Gasteiger partial charge >= 0.3 is 0 Å². The number of piperidine rings is 1. The molecule has 1 unspecified atom stereocenters. The number of carbonyl (C=O) groups excluding carboxylic acids is 2. The highest BCUT2D eigenvalue weighted by atomic mass is 35.5. The third-order valence-electron chi connectivity index (χ3n) is 3.61. The van der Waals surface area contributed by atoms with E-state index in [0.29, 0.717) is 23.5 Å². The maximum atomic E-state index is 12.3. The van der Waals surface area contributed by atoms with E-state index in [9.17, 15) is 9.59 Å². The molecule has 0 aromatic heterocycles. The van der Waals surface area contributed by atoms with Crippen molar-refractivity contribution in [3.05, 3.63) is 23.8 Å². The summed E-state index contributed by atoms with van der Waals surface area (Å²) in [5.74, 6) is 0.244. The van der Waals surface area contributed by atoms with Crippen LogP contribution in [0.25, 0.3) is 0 Å². The molecule has 2 amide bonds. The first-order valence-corrected chi connectivity index (χ1v) is 7.07. The number of anilines is 1. The molecule has 1 aliphatic rings. The summed E-state index contributed by atoms with van der Waals surface area (Å²) in [6.07, 6.45) is 1.86. The molecule has 1 aliphatic heterocycles. The van der Waals surface area contributed by atoms with E-state index in [2.05, 4.69) is 16.0 Å².